The molecule has 0 unspecified atom stereocenters. The zero-order valence-corrected chi connectivity index (χ0v) is 14.5. The minimum absolute atomic E-state index is 0.189. The van der Waals surface area contributed by atoms with Gasteiger partial charge in [0, 0.05) is 17.7 Å². The lowest BCUT2D eigenvalue weighted by Crippen LogP contribution is -2.01. The van der Waals surface area contributed by atoms with Crippen LogP contribution in [0.5, 0.6) is 23.0 Å². The Hall–Kier alpha value is -3.41. The smallest absolute Gasteiger partial charge is 0.235 e. The Labute approximate surface area is 149 Å². The first kappa shape index (κ1) is 16.1. The number of carbonyl (C=O) groups is 1. The van der Waals surface area contributed by atoms with Crippen molar-refractivity contribution in [2.75, 3.05) is 21.3 Å². The molecule has 2 aromatic carbocycles. The van der Waals surface area contributed by atoms with E-state index in [-0.39, 0.29) is 11.5 Å². The number of Topliss-reactive ketones (excluding diaryl/α,β-unsaturated/α-hetero) is 1. The molecule has 0 saturated heterocycles. The van der Waals surface area contributed by atoms with Gasteiger partial charge in [-0.2, -0.15) is 0 Å². The van der Waals surface area contributed by atoms with E-state index >= 15 is 0 Å². The van der Waals surface area contributed by atoms with Gasteiger partial charge in [0.15, 0.2) is 5.76 Å². The lowest BCUT2D eigenvalue weighted by Gasteiger charge is -2.07. The summed E-state index contributed by atoms with van der Waals surface area (Å²) < 4.78 is 27.2. The number of hydrogen-bond donors (Lipinski definition) is 0. The van der Waals surface area contributed by atoms with E-state index in [4.69, 9.17) is 23.4 Å². The molecule has 26 heavy (non-hydrogen) atoms. The molecule has 0 saturated carbocycles. The molecule has 132 valence electrons. The van der Waals surface area contributed by atoms with Crippen molar-refractivity contribution in [2.45, 2.75) is 0 Å². The van der Waals surface area contributed by atoms with Gasteiger partial charge in [0.1, 0.15) is 34.1 Å². The predicted octanol–water partition coefficient (Wildman–Crippen LogP) is 4.07. The number of allylic oxidation sites excluding steroid dienone is 1. The number of hydrogen-bond acceptors (Lipinski definition) is 6. The molecule has 0 atom stereocenters. The summed E-state index contributed by atoms with van der Waals surface area (Å²) in [6.07, 6.45) is 3.19. The quantitative estimate of drug-likeness (QED) is 0.659. The number of benzene rings is 2. The summed E-state index contributed by atoms with van der Waals surface area (Å²) in [4.78, 5) is 12.9. The number of carbonyl (C=O) groups excluding carboxylic acids is 1. The van der Waals surface area contributed by atoms with Crippen LogP contribution in [0.3, 0.4) is 0 Å². The van der Waals surface area contributed by atoms with Gasteiger partial charge in [0.25, 0.3) is 0 Å². The number of fused-ring (bicyclic) bond motifs is 2. The first-order valence-electron chi connectivity index (χ1n) is 7.90. The normalized spacial score (nSPS) is 14.4. The summed E-state index contributed by atoms with van der Waals surface area (Å²) in [5.74, 6) is 2.03. The number of ketones is 1. The van der Waals surface area contributed by atoms with Crippen LogP contribution in [0.2, 0.25) is 0 Å². The highest BCUT2D eigenvalue weighted by atomic mass is 16.5. The SMILES string of the molecule is COc1ccc(/C=C2/Oc3cc4occc4c(OC)c3C2=O)c(OC)c1. The molecule has 1 aliphatic rings. The molecule has 2 heterocycles. The van der Waals surface area contributed by atoms with Crippen molar-refractivity contribution in [1.82, 2.24) is 0 Å². The maximum atomic E-state index is 12.9. The van der Waals surface area contributed by atoms with Crippen molar-refractivity contribution in [2.24, 2.45) is 0 Å². The summed E-state index contributed by atoms with van der Waals surface area (Å²) in [5.41, 5.74) is 1.68. The monoisotopic (exact) mass is 352 g/mol. The van der Waals surface area contributed by atoms with E-state index in [2.05, 4.69) is 0 Å². The molecule has 1 aromatic heterocycles. The van der Waals surface area contributed by atoms with Crippen molar-refractivity contribution in [3.05, 3.63) is 53.5 Å². The Balaban J connectivity index is 1.81. The highest BCUT2D eigenvalue weighted by Gasteiger charge is 2.33. The molecule has 6 nitrogen and oxygen atoms in total. The first-order valence-corrected chi connectivity index (χ1v) is 7.90. The average Bonchev–Trinajstić information content (AvgIpc) is 3.25. The van der Waals surface area contributed by atoms with E-state index in [0.717, 1.165) is 5.39 Å². The molecule has 0 aliphatic carbocycles. The van der Waals surface area contributed by atoms with Crippen LogP contribution in [0.15, 0.2) is 46.8 Å². The highest BCUT2D eigenvalue weighted by molar-refractivity contribution is 6.18. The third-order valence-electron chi connectivity index (χ3n) is 4.28. The molecule has 0 spiro atoms. The topological polar surface area (TPSA) is 67.1 Å². The van der Waals surface area contributed by atoms with Crippen LogP contribution in [-0.2, 0) is 0 Å². The molecule has 6 heteroatoms. The number of furan rings is 1. The molecule has 0 fully saturated rings. The molecule has 0 N–H and O–H groups in total. The van der Waals surface area contributed by atoms with E-state index in [9.17, 15) is 4.79 Å². The first-order chi connectivity index (χ1) is 12.7. The van der Waals surface area contributed by atoms with Gasteiger partial charge in [0.05, 0.1) is 33.0 Å². The van der Waals surface area contributed by atoms with Gasteiger partial charge in [-0.05, 0) is 24.3 Å². The Morgan fingerprint density at radius 1 is 1.00 bits per heavy atom. The van der Waals surface area contributed by atoms with Crippen molar-refractivity contribution in [3.8, 4) is 23.0 Å². The Bertz CT molecular complexity index is 1040. The van der Waals surface area contributed by atoms with Crippen LogP contribution in [0.4, 0.5) is 0 Å². The predicted molar refractivity (Wildman–Crippen MR) is 95.2 cm³/mol. The van der Waals surface area contributed by atoms with E-state index < -0.39 is 0 Å². The lowest BCUT2D eigenvalue weighted by atomic mass is 10.1. The summed E-state index contributed by atoms with van der Waals surface area (Å²) >= 11 is 0. The molecule has 0 amide bonds. The van der Waals surface area contributed by atoms with Crippen LogP contribution in [-0.4, -0.2) is 27.1 Å². The van der Waals surface area contributed by atoms with E-state index in [1.807, 2.05) is 0 Å². The molecule has 0 bridgehead atoms. The molecule has 1 aliphatic heterocycles. The fourth-order valence-corrected chi connectivity index (χ4v) is 3.03. The van der Waals surface area contributed by atoms with Gasteiger partial charge < -0.3 is 23.4 Å². The van der Waals surface area contributed by atoms with E-state index in [1.165, 1.54) is 7.11 Å². The van der Waals surface area contributed by atoms with Gasteiger partial charge in [-0.25, -0.2) is 0 Å². The van der Waals surface area contributed by atoms with Crippen molar-refractivity contribution >= 4 is 22.8 Å². The van der Waals surface area contributed by atoms with Gasteiger partial charge in [0.2, 0.25) is 5.78 Å². The van der Waals surface area contributed by atoms with Gasteiger partial charge in [-0.1, -0.05) is 0 Å². The largest absolute Gasteiger partial charge is 0.497 e. The fourth-order valence-electron chi connectivity index (χ4n) is 3.03. The number of ether oxygens (including phenoxy) is 4. The minimum Gasteiger partial charge on any atom is -0.497 e. The Morgan fingerprint density at radius 2 is 1.85 bits per heavy atom. The molecule has 0 radical (unpaired) electrons. The van der Waals surface area contributed by atoms with Crippen molar-refractivity contribution < 1.29 is 28.2 Å². The lowest BCUT2D eigenvalue weighted by molar-refractivity contribution is 0.101. The van der Waals surface area contributed by atoms with Crippen molar-refractivity contribution in [3.63, 3.8) is 0 Å². The number of rotatable bonds is 4. The van der Waals surface area contributed by atoms with Crippen LogP contribution in [0.25, 0.3) is 17.0 Å². The standard InChI is InChI=1S/C20H16O6/c1-22-12-5-4-11(14(9-12)23-2)8-17-19(21)18-16(26-17)10-15-13(6-7-25-15)20(18)24-3/h4-10H,1-3H3/b17-8+. The average molecular weight is 352 g/mol. The summed E-state index contributed by atoms with van der Waals surface area (Å²) in [6, 6.07) is 8.78. The minimum atomic E-state index is -0.252. The zero-order chi connectivity index (χ0) is 18.3. The van der Waals surface area contributed by atoms with Gasteiger partial charge in [-0.3, -0.25) is 4.79 Å². The van der Waals surface area contributed by atoms with Crippen LogP contribution in [0.1, 0.15) is 15.9 Å². The third kappa shape index (κ3) is 2.38. The van der Waals surface area contributed by atoms with Crippen molar-refractivity contribution in [1.29, 1.82) is 0 Å². The number of methoxy groups -OCH3 is 3. The second-order valence-electron chi connectivity index (χ2n) is 5.66. The van der Waals surface area contributed by atoms with Crippen LogP contribution in [0, 0.1) is 0 Å². The maximum Gasteiger partial charge on any atom is 0.235 e. The summed E-state index contributed by atoms with van der Waals surface area (Å²) in [7, 11) is 4.65. The van der Waals surface area contributed by atoms with E-state index in [1.54, 1.807) is 56.9 Å². The Kier molecular flexibility index (Phi) is 3.80. The summed E-state index contributed by atoms with van der Waals surface area (Å²) in [5, 5.41) is 0.728. The fraction of sp³-hybridized carbons (Fsp3) is 0.150. The van der Waals surface area contributed by atoms with Gasteiger partial charge in [-0.15, -0.1) is 0 Å². The molecular formula is C20H16O6. The second-order valence-corrected chi connectivity index (χ2v) is 5.66. The molecular weight excluding hydrogens is 336 g/mol. The molecule has 3 aromatic rings. The highest BCUT2D eigenvalue weighted by Crippen LogP contribution is 2.44. The summed E-state index contributed by atoms with van der Waals surface area (Å²) in [6.45, 7) is 0. The second kappa shape index (κ2) is 6.15. The van der Waals surface area contributed by atoms with E-state index in [0.29, 0.717) is 39.7 Å². The zero-order valence-electron chi connectivity index (χ0n) is 14.5. The van der Waals surface area contributed by atoms with Crippen LogP contribution < -0.4 is 18.9 Å². The Morgan fingerprint density at radius 3 is 2.58 bits per heavy atom. The maximum absolute atomic E-state index is 12.9. The molecule has 4 rings (SSSR count). The third-order valence-corrected chi connectivity index (χ3v) is 4.28. The van der Waals surface area contributed by atoms with Crippen LogP contribution >= 0.6 is 0 Å². The van der Waals surface area contributed by atoms with Gasteiger partial charge >= 0.3 is 0 Å².